The van der Waals surface area contributed by atoms with Crippen LogP contribution in [0.1, 0.15) is 29.4 Å². The standard InChI is InChI=1S/C10H12O3S/c1-7(6-10(12)13)5-8(11)9-3-2-4-14-9/h2-4,7H,5-6H2,1H3,(H,12,13)/t7-/m1/s1. The average molecular weight is 212 g/mol. The van der Waals surface area contributed by atoms with Crippen LogP contribution in [0.3, 0.4) is 0 Å². The molecule has 0 aliphatic carbocycles. The van der Waals surface area contributed by atoms with Crippen molar-refractivity contribution in [1.82, 2.24) is 0 Å². The molecule has 0 saturated carbocycles. The highest BCUT2D eigenvalue weighted by Gasteiger charge is 2.14. The van der Waals surface area contributed by atoms with Gasteiger partial charge in [-0.3, -0.25) is 9.59 Å². The predicted molar refractivity (Wildman–Crippen MR) is 54.7 cm³/mol. The van der Waals surface area contributed by atoms with Crippen LogP contribution in [-0.4, -0.2) is 16.9 Å². The van der Waals surface area contributed by atoms with E-state index in [-0.39, 0.29) is 18.1 Å². The van der Waals surface area contributed by atoms with E-state index in [9.17, 15) is 9.59 Å². The lowest BCUT2D eigenvalue weighted by Crippen LogP contribution is -2.09. The third-order valence-corrected chi connectivity index (χ3v) is 2.76. The molecule has 0 aliphatic rings. The highest BCUT2D eigenvalue weighted by molar-refractivity contribution is 7.12. The summed E-state index contributed by atoms with van der Waals surface area (Å²) in [5.74, 6) is -0.910. The maximum atomic E-state index is 11.5. The number of thiophene rings is 1. The molecule has 76 valence electrons. The van der Waals surface area contributed by atoms with Gasteiger partial charge in [0.05, 0.1) is 4.88 Å². The van der Waals surface area contributed by atoms with Gasteiger partial charge in [-0.2, -0.15) is 0 Å². The maximum absolute atomic E-state index is 11.5. The van der Waals surface area contributed by atoms with Gasteiger partial charge >= 0.3 is 5.97 Å². The first-order chi connectivity index (χ1) is 6.59. The number of Topliss-reactive ketones (excluding diaryl/α,β-unsaturated/α-hetero) is 1. The van der Waals surface area contributed by atoms with Crippen molar-refractivity contribution in [3.63, 3.8) is 0 Å². The molecule has 0 bridgehead atoms. The number of carbonyl (C=O) groups excluding carboxylic acids is 1. The first kappa shape index (κ1) is 10.9. The van der Waals surface area contributed by atoms with E-state index in [2.05, 4.69) is 0 Å². The zero-order chi connectivity index (χ0) is 10.6. The molecule has 0 fully saturated rings. The molecule has 0 saturated heterocycles. The Hall–Kier alpha value is -1.16. The van der Waals surface area contributed by atoms with Gasteiger partial charge in [-0.25, -0.2) is 0 Å². The summed E-state index contributed by atoms with van der Waals surface area (Å²) in [7, 11) is 0. The van der Waals surface area contributed by atoms with Crippen LogP contribution in [0.15, 0.2) is 17.5 Å². The molecule has 3 nitrogen and oxygen atoms in total. The van der Waals surface area contributed by atoms with Crippen LogP contribution in [0.4, 0.5) is 0 Å². The van der Waals surface area contributed by atoms with Crippen LogP contribution in [0.5, 0.6) is 0 Å². The second-order valence-electron chi connectivity index (χ2n) is 3.31. The Morgan fingerprint density at radius 1 is 1.50 bits per heavy atom. The number of carbonyl (C=O) groups is 2. The number of carboxylic acid groups (broad SMARTS) is 1. The van der Waals surface area contributed by atoms with Gasteiger partial charge in [0, 0.05) is 12.8 Å². The lowest BCUT2D eigenvalue weighted by atomic mass is 10.0. The number of ketones is 1. The third-order valence-electron chi connectivity index (χ3n) is 1.85. The van der Waals surface area contributed by atoms with Crippen molar-refractivity contribution in [1.29, 1.82) is 0 Å². The molecule has 0 amide bonds. The lowest BCUT2D eigenvalue weighted by molar-refractivity contribution is -0.137. The molecule has 1 atom stereocenters. The summed E-state index contributed by atoms with van der Waals surface area (Å²) in [6.07, 6.45) is 0.365. The first-order valence-electron chi connectivity index (χ1n) is 4.38. The summed E-state index contributed by atoms with van der Waals surface area (Å²) in [6, 6.07) is 3.58. The number of carboxylic acids is 1. The van der Waals surface area contributed by atoms with Crippen LogP contribution in [0.2, 0.25) is 0 Å². The van der Waals surface area contributed by atoms with E-state index < -0.39 is 5.97 Å². The molecule has 1 aromatic heterocycles. The molecule has 0 spiro atoms. The van der Waals surface area contributed by atoms with Crippen molar-refractivity contribution in [2.75, 3.05) is 0 Å². The quantitative estimate of drug-likeness (QED) is 0.762. The Morgan fingerprint density at radius 2 is 2.21 bits per heavy atom. The fourth-order valence-corrected chi connectivity index (χ4v) is 1.90. The lowest BCUT2D eigenvalue weighted by Gasteiger charge is -2.05. The molecule has 1 heterocycles. The fraction of sp³-hybridized carbons (Fsp3) is 0.400. The van der Waals surface area contributed by atoms with Crippen LogP contribution >= 0.6 is 11.3 Å². The van der Waals surface area contributed by atoms with E-state index in [1.807, 2.05) is 11.4 Å². The second-order valence-corrected chi connectivity index (χ2v) is 4.26. The summed E-state index contributed by atoms with van der Waals surface area (Å²) in [4.78, 5) is 22.6. The summed E-state index contributed by atoms with van der Waals surface area (Å²) < 4.78 is 0. The Labute approximate surface area is 86.4 Å². The summed E-state index contributed by atoms with van der Waals surface area (Å²) in [5.41, 5.74) is 0. The van der Waals surface area contributed by atoms with Gasteiger partial charge in [-0.1, -0.05) is 13.0 Å². The van der Waals surface area contributed by atoms with Crippen molar-refractivity contribution < 1.29 is 14.7 Å². The smallest absolute Gasteiger partial charge is 0.303 e. The number of rotatable bonds is 5. The van der Waals surface area contributed by atoms with Crippen LogP contribution < -0.4 is 0 Å². The second kappa shape index (κ2) is 4.91. The van der Waals surface area contributed by atoms with E-state index in [1.165, 1.54) is 11.3 Å². The molecule has 0 unspecified atom stereocenters. The molecular formula is C10H12O3S. The van der Waals surface area contributed by atoms with Crippen molar-refractivity contribution in [2.24, 2.45) is 5.92 Å². The van der Waals surface area contributed by atoms with E-state index >= 15 is 0 Å². The first-order valence-corrected chi connectivity index (χ1v) is 5.26. The molecule has 4 heteroatoms. The molecule has 14 heavy (non-hydrogen) atoms. The Bertz CT molecular complexity index is 316. The van der Waals surface area contributed by atoms with Crippen molar-refractivity contribution in [3.8, 4) is 0 Å². The molecule has 0 aromatic carbocycles. The normalized spacial score (nSPS) is 12.4. The minimum absolute atomic E-state index is 0.0359. The summed E-state index contributed by atoms with van der Waals surface area (Å²) in [6.45, 7) is 1.78. The monoisotopic (exact) mass is 212 g/mol. The largest absolute Gasteiger partial charge is 0.481 e. The van der Waals surface area contributed by atoms with Crippen LogP contribution in [-0.2, 0) is 4.79 Å². The van der Waals surface area contributed by atoms with Gasteiger partial charge in [-0.15, -0.1) is 11.3 Å². The Balaban J connectivity index is 2.45. The summed E-state index contributed by atoms with van der Waals surface area (Å²) in [5, 5.41) is 10.4. The Morgan fingerprint density at radius 3 is 2.71 bits per heavy atom. The molecular weight excluding hydrogens is 200 g/mol. The minimum atomic E-state index is -0.850. The van der Waals surface area contributed by atoms with Crippen LogP contribution in [0, 0.1) is 5.92 Å². The van der Waals surface area contributed by atoms with Crippen molar-refractivity contribution in [2.45, 2.75) is 19.8 Å². The van der Waals surface area contributed by atoms with E-state index in [4.69, 9.17) is 5.11 Å². The number of aliphatic carboxylic acids is 1. The Kier molecular flexibility index (Phi) is 3.83. The van der Waals surface area contributed by atoms with Gasteiger partial charge in [0.1, 0.15) is 0 Å². The number of hydrogen-bond donors (Lipinski definition) is 1. The van der Waals surface area contributed by atoms with Gasteiger partial charge in [0.15, 0.2) is 5.78 Å². The van der Waals surface area contributed by atoms with Gasteiger partial charge in [0.25, 0.3) is 0 Å². The van der Waals surface area contributed by atoms with E-state index in [1.54, 1.807) is 13.0 Å². The summed E-state index contributed by atoms with van der Waals surface area (Å²) >= 11 is 1.39. The van der Waals surface area contributed by atoms with Crippen molar-refractivity contribution in [3.05, 3.63) is 22.4 Å². The SMILES string of the molecule is C[C@@H](CC(=O)O)CC(=O)c1cccs1. The maximum Gasteiger partial charge on any atom is 0.303 e. The van der Waals surface area contributed by atoms with E-state index in [0.717, 1.165) is 0 Å². The molecule has 0 aliphatic heterocycles. The molecule has 1 aromatic rings. The highest BCUT2D eigenvalue weighted by atomic mass is 32.1. The van der Waals surface area contributed by atoms with Crippen molar-refractivity contribution >= 4 is 23.1 Å². The van der Waals surface area contributed by atoms with Crippen LogP contribution in [0.25, 0.3) is 0 Å². The van der Waals surface area contributed by atoms with Gasteiger partial charge in [0.2, 0.25) is 0 Å². The predicted octanol–water partition coefficient (Wildman–Crippen LogP) is 2.43. The third kappa shape index (κ3) is 3.30. The molecule has 0 radical (unpaired) electrons. The zero-order valence-electron chi connectivity index (χ0n) is 7.90. The number of hydrogen-bond acceptors (Lipinski definition) is 3. The zero-order valence-corrected chi connectivity index (χ0v) is 8.71. The topological polar surface area (TPSA) is 54.4 Å². The average Bonchev–Trinajstić information content (AvgIpc) is 2.53. The molecule has 1 rings (SSSR count). The van der Waals surface area contributed by atoms with E-state index in [0.29, 0.717) is 11.3 Å². The minimum Gasteiger partial charge on any atom is -0.481 e. The fourth-order valence-electron chi connectivity index (χ4n) is 1.22. The van der Waals surface area contributed by atoms with Gasteiger partial charge in [-0.05, 0) is 17.4 Å². The van der Waals surface area contributed by atoms with Gasteiger partial charge < -0.3 is 5.11 Å². The molecule has 1 N–H and O–H groups in total. The highest BCUT2D eigenvalue weighted by Crippen LogP contribution is 2.16.